The van der Waals surface area contributed by atoms with Gasteiger partial charge in [-0.3, -0.25) is 14.6 Å². The van der Waals surface area contributed by atoms with Gasteiger partial charge in [-0.05, 0) is 41.7 Å². The number of hydrogen-bond donors (Lipinski definition) is 0. The van der Waals surface area contributed by atoms with E-state index in [-0.39, 0.29) is 0 Å². The highest BCUT2D eigenvalue weighted by atomic mass is 15.3. The number of pyridine rings is 1. The molecule has 30 heavy (non-hydrogen) atoms. The van der Waals surface area contributed by atoms with E-state index in [9.17, 15) is 0 Å². The smallest absolute Gasteiger partial charge is 0.0733 e. The summed E-state index contributed by atoms with van der Waals surface area (Å²) in [6, 6.07) is 25.9. The summed E-state index contributed by atoms with van der Waals surface area (Å²) in [6.07, 6.45) is 8.16. The van der Waals surface area contributed by atoms with E-state index in [1.807, 2.05) is 30.6 Å². The third-order valence-electron chi connectivity index (χ3n) is 5.99. The van der Waals surface area contributed by atoms with E-state index in [4.69, 9.17) is 0 Å². The molecule has 5 rings (SSSR count). The molecule has 0 aliphatic carbocycles. The number of nitrogens with zero attached hydrogens (tertiary/aromatic N) is 4. The molecule has 1 saturated heterocycles. The van der Waals surface area contributed by atoms with Crippen LogP contribution in [0.15, 0.2) is 91.4 Å². The second-order valence-electron chi connectivity index (χ2n) is 7.95. The van der Waals surface area contributed by atoms with Gasteiger partial charge in [0.25, 0.3) is 0 Å². The summed E-state index contributed by atoms with van der Waals surface area (Å²) in [5.41, 5.74) is 6.11. The van der Waals surface area contributed by atoms with Crippen LogP contribution in [-0.4, -0.2) is 32.8 Å². The average Bonchev–Trinajstić information content (AvgIpc) is 3.32. The zero-order valence-electron chi connectivity index (χ0n) is 17.1. The molecule has 150 valence electrons. The van der Waals surface area contributed by atoms with Gasteiger partial charge in [-0.2, -0.15) is 5.10 Å². The molecule has 0 atom stereocenters. The van der Waals surface area contributed by atoms with Crippen molar-refractivity contribution in [1.29, 1.82) is 0 Å². The van der Waals surface area contributed by atoms with Crippen LogP contribution in [0.3, 0.4) is 0 Å². The van der Waals surface area contributed by atoms with Crippen LogP contribution in [-0.2, 0) is 6.54 Å². The molecule has 0 unspecified atom stereocenters. The van der Waals surface area contributed by atoms with Gasteiger partial charge in [0.1, 0.15) is 0 Å². The summed E-state index contributed by atoms with van der Waals surface area (Å²) < 4.78 is 2.14. The average molecular weight is 395 g/mol. The van der Waals surface area contributed by atoms with Crippen molar-refractivity contribution in [3.8, 4) is 22.4 Å². The molecule has 0 N–H and O–H groups in total. The van der Waals surface area contributed by atoms with E-state index in [0.717, 1.165) is 43.7 Å². The largest absolute Gasteiger partial charge is 0.299 e. The van der Waals surface area contributed by atoms with Gasteiger partial charge in [0.05, 0.1) is 17.9 Å². The van der Waals surface area contributed by atoms with Gasteiger partial charge in [-0.25, -0.2) is 0 Å². The Bertz CT molecular complexity index is 1080. The number of likely N-dealkylation sites (tertiary alicyclic amines) is 1. The van der Waals surface area contributed by atoms with Gasteiger partial charge in [-0.1, -0.05) is 60.7 Å². The highest BCUT2D eigenvalue weighted by Crippen LogP contribution is 2.28. The molecule has 0 amide bonds. The number of aromatic nitrogens is 3. The third-order valence-corrected chi connectivity index (χ3v) is 5.99. The van der Waals surface area contributed by atoms with Crippen molar-refractivity contribution >= 4 is 0 Å². The zero-order chi connectivity index (χ0) is 20.2. The van der Waals surface area contributed by atoms with Crippen LogP contribution in [0, 0.1) is 0 Å². The van der Waals surface area contributed by atoms with Crippen molar-refractivity contribution in [2.24, 2.45) is 0 Å². The SMILES string of the molecule is c1ccc(-c2ccccc2CN2CCC(n3cc(-c4ccccn4)cn3)CC2)cc1. The molecule has 4 aromatic rings. The molecular weight excluding hydrogens is 368 g/mol. The molecule has 0 saturated carbocycles. The van der Waals surface area contributed by atoms with Crippen molar-refractivity contribution in [3.05, 3.63) is 97.0 Å². The first-order chi connectivity index (χ1) is 14.9. The second-order valence-corrected chi connectivity index (χ2v) is 7.95. The fraction of sp³-hybridized carbons (Fsp3) is 0.231. The predicted molar refractivity (Wildman–Crippen MR) is 121 cm³/mol. The lowest BCUT2D eigenvalue weighted by molar-refractivity contribution is 0.173. The van der Waals surface area contributed by atoms with Gasteiger partial charge in [0, 0.05) is 37.6 Å². The number of benzene rings is 2. The minimum Gasteiger partial charge on any atom is -0.299 e. The Morgan fingerprint density at radius 2 is 1.57 bits per heavy atom. The van der Waals surface area contributed by atoms with E-state index in [0.29, 0.717) is 6.04 Å². The van der Waals surface area contributed by atoms with Gasteiger partial charge < -0.3 is 0 Å². The highest BCUT2D eigenvalue weighted by Gasteiger charge is 2.22. The summed E-state index contributed by atoms with van der Waals surface area (Å²) in [5, 5.41) is 4.64. The molecule has 2 aromatic carbocycles. The van der Waals surface area contributed by atoms with Crippen LogP contribution < -0.4 is 0 Å². The Balaban J connectivity index is 1.24. The maximum Gasteiger partial charge on any atom is 0.0733 e. The first-order valence-electron chi connectivity index (χ1n) is 10.7. The van der Waals surface area contributed by atoms with E-state index in [2.05, 4.69) is 80.5 Å². The van der Waals surface area contributed by atoms with Crippen LogP contribution in [0.1, 0.15) is 24.4 Å². The fourth-order valence-electron chi connectivity index (χ4n) is 4.34. The highest BCUT2D eigenvalue weighted by molar-refractivity contribution is 5.67. The van der Waals surface area contributed by atoms with E-state index in [1.165, 1.54) is 16.7 Å². The molecule has 0 spiro atoms. The first kappa shape index (κ1) is 18.8. The molecule has 4 nitrogen and oxygen atoms in total. The number of piperidine rings is 1. The predicted octanol–water partition coefficient (Wildman–Crippen LogP) is 5.45. The number of hydrogen-bond acceptors (Lipinski definition) is 3. The molecule has 3 heterocycles. The lowest BCUT2D eigenvalue weighted by atomic mass is 9.98. The molecule has 0 radical (unpaired) electrons. The molecule has 1 fully saturated rings. The van der Waals surface area contributed by atoms with Crippen LogP contribution in [0.25, 0.3) is 22.4 Å². The van der Waals surface area contributed by atoms with Crippen molar-refractivity contribution in [2.75, 3.05) is 13.1 Å². The minimum absolute atomic E-state index is 0.461. The standard InChI is InChI=1S/C26H26N4/c1-2-8-21(9-3-1)25-11-5-4-10-22(25)19-29-16-13-24(14-17-29)30-20-23(18-28-30)26-12-6-7-15-27-26/h1-12,15,18,20,24H,13-14,16-17,19H2. The summed E-state index contributed by atoms with van der Waals surface area (Å²) >= 11 is 0. The fourth-order valence-corrected chi connectivity index (χ4v) is 4.34. The van der Waals surface area contributed by atoms with E-state index in [1.54, 1.807) is 0 Å². The normalized spacial score (nSPS) is 15.3. The molecule has 1 aliphatic heterocycles. The van der Waals surface area contributed by atoms with Gasteiger partial charge in [0.15, 0.2) is 0 Å². The number of rotatable bonds is 5. The summed E-state index contributed by atoms with van der Waals surface area (Å²) in [5.74, 6) is 0. The van der Waals surface area contributed by atoms with Crippen molar-refractivity contribution < 1.29 is 0 Å². The van der Waals surface area contributed by atoms with Gasteiger partial charge in [0.2, 0.25) is 0 Å². The minimum atomic E-state index is 0.461. The maximum atomic E-state index is 4.64. The quantitative estimate of drug-likeness (QED) is 0.451. The molecule has 2 aromatic heterocycles. The molecule has 0 bridgehead atoms. The molecular formula is C26H26N4. The van der Waals surface area contributed by atoms with E-state index >= 15 is 0 Å². The summed E-state index contributed by atoms with van der Waals surface area (Å²) in [6.45, 7) is 3.18. The summed E-state index contributed by atoms with van der Waals surface area (Å²) in [4.78, 5) is 7.01. The maximum absolute atomic E-state index is 4.64. The topological polar surface area (TPSA) is 34.0 Å². The van der Waals surface area contributed by atoms with Crippen molar-refractivity contribution in [2.45, 2.75) is 25.4 Å². The van der Waals surface area contributed by atoms with Crippen LogP contribution in [0.2, 0.25) is 0 Å². The lowest BCUT2D eigenvalue weighted by Gasteiger charge is -2.32. The van der Waals surface area contributed by atoms with Crippen LogP contribution in [0.5, 0.6) is 0 Å². The van der Waals surface area contributed by atoms with Gasteiger partial charge >= 0.3 is 0 Å². The molecule has 4 heteroatoms. The third kappa shape index (κ3) is 4.05. The second kappa shape index (κ2) is 8.64. The monoisotopic (exact) mass is 394 g/mol. The van der Waals surface area contributed by atoms with Crippen molar-refractivity contribution in [1.82, 2.24) is 19.7 Å². The molecule has 1 aliphatic rings. The van der Waals surface area contributed by atoms with Crippen LogP contribution in [0.4, 0.5) is 0 Å². The Morgan fingerprint density at radius 3 is 2.37 bits per heavy atom. The van der Waals surface area contributed by atoms with Crippen molar-refractivity contribution in [3.63, 3.8) is 0 Å². The Morgan fingerprint density at radius 1 is 0.800 bits per heavy atom. The first-order valence-corrected chi connectivity index (χ1v) is 10.7. The summed E-state index contributed by atoms with van der Waals surface area (Å²) in [7, 11) is 0. The lowest BCUT2D eigenvalue weighted by Crippen LogP contribution is -2.34. The zero-order valence-corrected chi connectivity index (χ0v) is 17.1. The van der Waals surface area contributed by atoms with Gasteiger partial charge in [-0.15, -0.1) is 0 Å². The van der Waals surface area contributed by atoms with E-state index < -0.39 is 0 Å². The Hall–Kier alpha value is -3.24. The Labute approximate surface area is 177 Å². The van der Waals surface area contributed by atoms with Crippen LogP contribution >= 0.6 is 0 Å². The Kier molecular flexibility index (Phi) is 5.40.